The van der Waals surface area contributed by atoms with Crippen LogP contribution in [-0.2, 0) is 9.59 Å². The van der Waals surface area contributed by atoms with E-state index >= 15 is 0 Å². The molecule has 2 bridgehead atoms. The van der Waals surface area contributed by atoms with Crippen molar-refractivity contribution in [3.8, 4) is 5.75 Å². The number of fused-ring (bicyclic) bond motifs is 3. The molecule has 140 valence electrons. The standard InChI is InChI=1S/C20H25BrN2O3/c1-19(2)12-6-7-20(19,3)16(8-12)22-17(24)10-23-14-5-4-13(21)9-15(14)26-11-18(23)25/h4-5,9,12,16H,6-8,10-11H2,1-3H3,(H,22,24). The molecule has 0 saturated heterocycles. The fourth-order valence-electron chi connectivity index (χ4n) is 5.16. The van der Waals surface area contributed by atoms with Gasteiger partial charge in [-0.15, -0.1) is 0 Å². The second-order valence-electron chi connectivity index (χ2n) is 8.61. The Labute approximate surface area is 162 Å². The van der Waals surface area contributed by atoms with Crippen molar-refractivity contribution in [1.29, 1.82) is 0 Å². The van der Waals surface area contributed by atoms with Gasteiger partial charge in [-0.2, -0.15) is 0 Å². The van der Waals surface area contributed by atoms with Crippen LogP contribution in [0.3, 0.4) is 0 Å². The molecule has 3 aliphatic rings. The van der Waals surface area contributed by atoms with E-state index in [2.05, 4.69) is 42.0 Å². The Bertz CT molecular complexity index is 778. The molecule has 2 aliphatic carbocycles. The molecule has 1 aromatic carbocycles. The van der Waals surface area contributed by atoms with Crippen molar-refractivity contribution in [2.24, 2.45) is 16.7 Å². The third kappa shape index (κ3) is 2.56. The van der Waals surface area contributed by atoms with E-state index in [0.29, 0.717) is 17.4 Å². The molecule has 1 aromatic rings. The van der Waals surface area contributed by atoms with E-state index in [4.69, 9.17) is 4.74 Å². The van der Waals surface area contributed by atoms with Crippen LogP contribution in [0.15, 0.2) is 22.7 Å². The number of amides is 2. The quantitative estimate of drug-likeness (QED) is 0.813. The summed E-state index contributed by atoms with van der Waals surface area (Å²) in [6, 6.07) is 5.67. The van der Waals surface area contributed by atoms with Gasteiger partial charge in [0.2, 0.25) is 5.91 Å². The number of nitrogens with one attached hydrogen (secondary N) is 1. The number of carbonyl (C=O) groups is 2. The Hall–Kier alpha value is -1.56. The minimum Gasteiger partial charge on any atom is -0.482 e. The van der Waals surface area contributed by atoms with Crippen LogP contribution in [0.1, 0.15) is 40.0 Å². The lowest BCUT2D eigenvalue weighted by molar-refractivity contribution is -0.126. The number of hydrogen-bond acceptors (Lipinski definition) is 3. The van der Waals surface area contributed by atoms with Crippen LogP contribution in [-0.4, -0.2) is 31.0 Å². The van der Waals surface area contributed by atoms with Gasteiger partial charge in [0.05, 0.1) is 5.69 Å². The molecule has 5 nitrogen and oxygen atoms in total. The van der Waals surface area contributed by atoms with E-state index in [1.165, 1.54) is 11.3 Å². The molecule has 0 spiro atoms. The summed E-state index contributed by atoms with van der Waals surface area (Å²) in [5.74, 6) is 1.01. The topological polar surface area (TPSA) is 58.6 Å². The van der Waals surface area contributed by atoms with Gasteiger partial charge in [0.1, 0.15) is 12.3 Å². The molecule has 1 aliphatic heterocycles. The number of rotatable bonds is 3. The first-order chi connectivity index (χ1) is 12.2. The highest BCUT2D eigenvalue weighted by atomic mass is 79.9. The highest BCUT2D eigenvalue weighted by molar-refractivity contribution is 9.10. The molecule has 3 atom stereocenters. The second-order valence-corrected chi connectivity index (χ2v) is 9.53. The van der Waals surface area contributed by atoms with Crippen molar-refractivity contribution < 1.29 is 14.3 Å². The fraction of sp³-hybridized carbons (Fsp3) is 0.600. The molecular formula is C20H25BrN2O3. The average Bonchev–Trinajstić information content (AvgIpc) is 2.91. The summed E-state index contributed by atoms with van der Waals surface area (Å²) in [4.78, 5) is 26.6. The summed E-state index contributed by atoms with van der Waals surface area (Å²) < 4.78 is 6.37. The van der Waals surface area contributed by atoms with Crippen LogP contribution in [0.25, 0.3) is 0 Å². The Balaban J connectivity index is 1.49. The lowest BCUT2D eigenvalue weighted by Crippen LogP contribution is -2.51. The largest absolute Gasteiger partial charge is 0.482 e. The summed E-state index contributed by atoms with van der Waals surface area (Å²) in [7, 11) is 0. The maximum Gasteiger partial charge on any atom is 0.265 e. The zero-order valence-corrected chi connectivity index (χ0v) is 17.1. The van der Waals surface area contributed by atoms with Crippen LogP contribution >= 0.6 is 15.9 Å². The number of anilines is 1. The van der Waals surface area contributed by atoms with Gasteiger partial charge in [-0.1, -0.05) is 36.7 Å². The minimum absolute atomic E-state index is 0.0347. The van der Waals surface area contributed by atoms with Crippen molar-refractivity contribution in [2.45, 2.75) is 46.1 Å². The molecule has 2 saturated carbocycles. The summed E-state index contributed by atoms with van der Waals surface area (Å²) in [6.07, 6.45) is 3.44. The Morgan fingerprint density at radius 2 is 2.15 bits per heavy atom. The van der Waals surface area contributed by atoms with E-state index in [9.17, 15) is 9.59 Å². The van der Waals surface area contributed by atoms with Gasteiger partial charge in [-0.25, -0.2) is 0 Å². The summed E-state index contributed by atoms with van der Waals surface area (Å²) in [5.41, 5.74) is 1.03. The molecule has 6 heteroatoms. The number of hydrogen-bond donors (Lipinski definition) is 1. The van der Waals surface area contributed by atoms with Crippen LogP contribution in [0.5, 0.6) is 5.75 Å². The van der Waals surface area contributed by atoms with Gasteiger partial charge >= 0.3 is 0 Å². The third-order valence-electron chi connectivity index (χ3n) is 7.30. The number of carbonyl (C=O) groups excluding carboxylic acids is 2. The van der Waals surface area contributed by atoms with Crippen molar-refractivity contribution in [3.63, 3.8) is 0 Å². The number of halogens is 1. The summed E-state index contributed by atoms with van der Waals surface area (Å²) in [5, 5.41) is 3.23. The first kappa shape index (κ1) is 17.8. The highest BCUT2D eigenvalue weighted by Crippen LogP contribution is 2.65. The van der Waals surface area contributed by atoms with Crippen molar-refractivity contribution >= 4 is 33.4 Å². The van der Waals surface area contributed by atoms with Crippen molar-refractivity contribution in [2.75, 3.05) is 18.1 Å². The van der Waals surface area contributed by atoms with Gasteiger partial charge in [0.15, 0.2) is 6.61 Å². The molecular weight excluding hydrogens is 396 g/mol. The second kappa shape index (κ2) is 5.98. The molecule has 3 unspecified atom stereocenters. The minimum atomic E-state index is -0.186. The zero-order valence-electron chi connectivity index (χ0n) is 15.5. The maximum atomic E-state index is 12.8. The van der Waals surface area contributed by atoms with Crippen LogP contribution in [0.4, 0.5) is 5.69 Å². The van der Waals surface area contributed by atoms with Gasteiger partial charge in [0.25, 0.3) is 5.91 Å². The maximum absolute atomic E-state index is 12.8. The molecule has 0 radical (unpaired) electrons. The van der Waals surface area contributed by atoms with Crippen molar-refractivity contribution in [1.82, 2.24) is 5.32 Å². The van der Waals surface area contributed by atoms with E-state index < -0.39 is 0 Å². The van der Waals surface area contributed by atoms with E-state index in [-0.39, 0.29) is 41.8 Å². The highest BCUT2D eigenvalue weighted by Gasteiger charge is 2.61. The lowest BCUT2D eigenvalue weighted by atomic mass is 9.69. The molecule has 0 aromatic heterocycles. The first-order valence-electron chi connectivity index (χ1n) is 9.24. The van der Waals surface area contributed by atoms with E-state index in [0.717, 1.165) is 17.3 Å². The Kier molecular flexibility index (Phi) is 4.10. The predicted octanol–water partition coefficient (Wildman–Crippen LogP) is 3.51. The lowest BCUT2D eigenvalue weighted by Gasteiger charge is -2.39. The summed E-state index contributed by atoms with van der Waals surface area (Å²) >= 11 is 3.41. The molecule has 1 N–H and O–H groups in total. The van der Waals surface area contributed by atoms with Gasteiger partial charge in [-0.05, 0) is 54.2 Å². The monoisotopic (exact) mass is 420 g/mol. The van der Waals surface area contributed by atoms with Crippen LogP contribution < -0.4 is 15.0 Å². The van der Waals surface area contributed by atoms with Gasteiger partial charge in [-0.3, -0.25) is 14.5 Å². The zero-order chi connectivity index (χ0) is 18.7. The van der Waals surface area contributed by atoms with Crippen molar-refractivity contribution in [3.05, 3.63) is 22.7 Å². The number of nitrogens with zero attached hydrogens (tertiary/aromatic N) is 1. The molecule has 2 fully saturated rings. The van der Waals surface area contributed by atoms with Crippen LogP contribution in [0, 0.1) is 16.7 Å². The third-order valence-corrected chi connectivity index (χ3v) is 7.79. The van der Waals surface area contributed by atoms with E-state index in [1.807, 2.05) is 18.2 Å². The Morgan fingerprint density at radius 3 is 2.81 bits per heavy atom. The summed E-state index contributed by atoms with van der Waals surface area (Å²) in [6.45, 7) is 6.96. The predicted molar refractivity (Wildman–Crippen MR) is 103 cm³/mol. The first-order valence-corrected chi connectivity index (χ1v) is 10.0. The molecule has 26 heavy (non-hydrogen) atoms. The van der Waals surface area contributed by atoms with Gasteiger partial charge in [0, 0.05) is 10.5 Å². The molecule has 1 heterocycles. The fourth-order valence-corrected chi connectivity index (χ4v) is 5.50. The van der Waals surface area contributed by atoms with Crippen LogP contribution in [0.2, 0.25) is 0 Å². The normalized spacial score (nSPS) is 31.5. The molecule has 4 rings (SSSR count). The number of ether oxygens (including phenoxy) is 1. The SMILES string of the molecule is CC1(C)C2CCC1(C)C(NC(=O)CN1C(=O)COc3cc(Br)ccc31)C2. The number of benzene rings is 1. The average molecular weight is 421 g/mol. The Morgan fingerprint density at radius 1 is 1.38 bits per heavy atom. The van der Waals surface area contributed by atoms with Gasteiger partial charge < -0.3 is 10.1 Å². The van der Waals surface area contributed by atoms with E-state index in [1.54, 1.807) is 0 Å². The molecule has 2 amide bonds. The smallest absolute Gasteiger partial charge is 0.265 e.